The number of benzene rings is 3. The first-order valence-corrected chi connectivity index (χ1v) is 11.6. The number of hydrogen-bond donors (Lipinski definition) is 1. The van der Waals surface area contributed by atoms with Crippen LogP contribution in [-0.2, 0) is 30.3 Å². The Balaban J connectivity index is 1.53. The van der Waals surface area contributed by atoms with Crippen molar-refractivity contribution in [3.05, 3.63) is 108 Å². The van der Waals surface area contributed by atoms with E-state index in [1.54, 1.807) is 60.7 Å². The Morgan fingerprint density at radius 1 is 0.750 bits per heavy atom. The highest BCUT2D eigenvalue weighted by Crippen LogP contribution is 2.29. The normalized spacial score (nSPS) is 23.6. The van der Waals surface area contributed by atoms with Crippen LogP contribution in [0.5, 0.6) is 0 Å². The maximum Gasteiger partial charge on any atom is 0.338 e. The molecule has 0 aliphatic carbocycles. The number of methoxy groups -OCH3 is 1. The minimum absolute atomic E-state index is 0.0448. The molecule has 188 valence electrons. The van der Waals surface area contributed by atoms with Gasteiger partial charge in [0, 0.05) is 7.11 Å². The number of aliphatic hydroxyl groups excluding tert-OH is 1. The number of carbonyl (C=O) groups excluding carboxylic acids is 2. The van der Waals surface area contributed by atoms with Gasteiger partial charge < -0.3 is 28.8 Å². The predicted molar refractivity (Wildman–Crippen MR) is 129 cm³/mol. The van der Waals surface area contributed by atoms with Crippen molar-refractivity contribution in [2.24, 2.45) is 0 Å². The van der Waals surface area contributed by atoms with Crippen LogP contribution in [0.4, 0.5) is 0 Å². The zero-order chi connectivity index (χ0) is 25.3. The lowest BCUT2D eigenvalue weighted by atomic mass is 9.98. The molecule has 0 radical (unpaired) electrons. The van der Waals surface area contributed by atoms with E-state index in [2.05, 4.69) is 0 Å². The van der Waals surface area contributed by atoms with E-state index in [9.17, 15) is 14.7 Å². The second-order valence-electron chi connectivity index (χ2n) is 8.24. The molecule has 8 nitrogen and oxygen atoms in total. The number of hydrogen-bond acceptors (Lipinski definition) is 8. The van der Waals surface area contributed by atoms with E-state index in [0.29, 0.717) is 12.2 Å². The summed E-state index contributed by atoms with van der Waals surface area (Å²) in [5.74, 6) is -1.35. The highest BCUT2D eigenvalue weighted by Gasteiger charge is 2.50. The van der Waals surface area contributed by atoms with E-state index in [0.717, 1.165) is 5.56 Å². The summed E-state index contributed by atoms with van der Waals surface area (Å²) in [4.78, 5) is 25.7. The molecule has 1 aliphatic heterocycles. The predicted octanol–water partition coefficient (Wildman–Crippen LogP) is 3.39. The molecule has 3 aromatic carbocycles. The molecule has 1 heterocycles. The van der Waals surface area contributed by atoms with Crippen molar-refractivity contribution in [3.63, 3.8) is 0 Å². The Kier molecular flexibility index (Phi) is 8.80. The highest BCUT2D eigenvalue weighted by molar-refractivity contribution is 5.90. The van der Waals surface area contributed by atoms with Crippen molar-refractivity contribution in [1.29, 1.82) is 0 Å². The highest BCUT2D eigenvalue weighted by atomic mass is 16.7. The molecule has 0 unspecified atom stereocenters. The zero-order valence-corrected chi connectivity index (χ0v) is 19.8. The monoisotopic (exact) mass is 492 g/mol. The number of carbonyl (C=O) groups is 2. The van der Waals surface area contributed by atoms with Crippen LogP contribution in [0.1, 0.15) is 26.3 Å². The summed E-state index contributed by atoms with van der Waals surface area (Å²) < 4.78 is 28.5. The molecule has 0 amide bonds. The van der Waals surface area contributed by atoms with Gasteiger partial charge in [0.1, 0.15) is 12.2 Å². The number of aliphatic hydroxyl groups is 1. The summed E-state index contributed by atoms with van der Waals surface area (Å²) in [6, 6.07) is 26.3. The average molecular weight is 493 g/mol. The molecule has 5 atom stereocenters. The van der Waals surface area contributed by atoms with Crippen LogP contribution in [0.25, 0.3) is 0 Å². The lowest BCUT2D eigenvalue weighted by molar-refractivity contribution is -0.291. The first-order valence-electron chi connectivity index (χ1n) is 11.6. The van der Waals surface area contributed by atoms with Crippen LogP contribution >= 0.6 is 0 Å². The Labute approximate surface area is 209 Å². The minimum atomic E-state index is -1.58. The van der Waals surface area contributed by atoms with Crippen LogP contribution in [0.2, 0.25) is 0 Å². The fraction of sp³-hybridized carbons (Fsp3) is 0.286. The first-order chi connectivity index (χ1) is 17.6. The third-order valence-corrected chi connectivity index (χ3v) is 5.78. The van der Waals surface area contributed by atoms with Gasteiger partial charge >= 0.3 is 11.9 Å². The van der Waals surface area contributed by atoms with Gasteiger partial charge in [0.15, 0.2) is 18.5 Å². The SMILES string of the molecule is CO[C@H]1[C@H](OC(=O)c2ccccc2)[C@@H](OC(=O)c2ccccc2)[C@@H](O)O[C@@H]1COCc1ccccc1. The number of esters is 2. The molecule has 1 aliphatic rings. The van der Waals surface area contributed by atoms with E-state index in [1.165, 1.54) is 7.11 Å². The topological polar surface area (TPSA) is 101 Å². The van der Waals surface area contributed by atoms with Crippen LogP contribution < -0.4 is 0 Å². The Morgan fingerprint density at radius 2 is 1.25 bits per heavy atom. The summed E-state index contributed by atoms with van der Waals surface area (Å²) >= 11 is 0. The minimum Gasteiger partial charge on any atom is -0.452 e. The molecule has 0 bridgehead atoms. The largest absolute Gasteiger partial charge is 0.452 e. The standard InChI is InChI=1S/C28H28O8/c1-32-23-22(18-33-17-19-11-5-2-6-12-19)34-28(31)25(36-27(30)21-15-9-4-10-16-21)24(23)35-26(29)20-13-7-3-8-14-20/h2-16,22-25,28,31H,17-18H2,1H3/t22-,23-,24+,25-,28+/m1/s1. The number of rotatable bonds is 9. The molecule has 3 aromatic rings. The summed E-state index contributed by atoms with van der Waals surface area (Å²) in [5.41, 5.74) is 1.54. The zero-order valence-electron chi connectivity index (χ0n) is 19.8. The van der Waals surface area contributed by atoms with Gasteiger partial charge in [-0.1, -0.05) is 66.7 Å². The van der Waals surface area contributed by atoms with Crippen LogP contribution in [0.3, 0.4) is 0 Å². The van der Waals surface area contributed by atoms with Crippen molar-refractivity contribution in [3.8, 4) is 0 Å². The van der Waals surface area contributed by atoms with Gasteiger partial charge in [0.2, 0.25) is 0 Å². The van der Waals surface area contributed by atoms with Crippen molar-refractivity contribution in [2.45, 2.75) is 37.3 Å². The molecule has 1 saturated heterocycles. The van der Waals surface area contributed by atoms with E-state index in [-0.39, 0.29) is 12.2 Å². The van der Waals surface area contributed by atoms with Gasteiger partial charge in [-0.05, 0) is 29.8 Å². The van der Waals surface area contributed by atoms with Crippen molar-refractivity contribution >= 4 is 11.9 Å². The molecular weight excluding hydrogens is 464 g/mol. The molecule has 8 heteroatoms. The summed E-state index contributed by atoms with van der Waals surface area (Å²) in [7, 11) is 1.43. The molecule has 0 spiro atoms. The molecule has 1 N–H and O–H groups in total. The van der Waals surface area contributed by atoms with Gasteiger partial charge in [-0.3, -0.25) is 0 Å². The fourth-order valence-corrected chi connectivity index (χ4v) is 3.97. The smallest absolute Gasteiger partial charge is 0.338 e. The average Bonchev–Trinajstić information content (AvgIpc) is 2.92. The summed E-state index contributed by atoms with van der Waals surface area (Å²) in [5, 5.41) is 10.8. The Hall–Kier alpha value is -3.56. The van der Waals surface area contributed by atoms with Gasteiger partial charge in [0.05, 0.1) is 24.3 Å². The summed E-state index contributed by atoms with van der Waals surface area (Å²) in [6.07, 6.45) is -5.76. The van der Waals surface area contributed by atoms with Crippen molar-refractivity contribution in [1.82, 2.24) is 0 Å². The third kappa shape index (κ3) is 6.35. The maximum absolute atomic E-state index is 12.9. The molecule has 4 rings (SSSR count). The van der Waals surface area contributed by atoms with Crippen LogP contribution in [0, 0.1) is 0 Å². The number of ether oxygens (including phenoxy) is 5. The van der Waals surface area contributed by atoms with Crippen molar-refractivity contribution < 1.29 is 38.4 Å². The van der Waals surface area contributed by atoms with E-state index in [1.807, 2.05) is 30.3 Å². The first kappa shape index (κ1) is 25.5. The van der Waals surface area contributed by atoms with Gasteiger partial charge in [-0.25, -0.2) is 9.59 Å². The fourth-order valence-electron chi connectivity index (χ4n) is 3.97. The van der Waals surface area contributed by atoms with Crippen LogP contribution in [0.15, 0.2) is 91.0 Å². The van der Waals surface area contributed by atoms with Crippen LogP contribution in [-0.4, -0.2) is 61.5 Å². The van der Waals surface area contributed by atoms with Gasteiger partial charge in [-0.15, -0.1) is 0 Å². The lowest BCUT2D eigenvalue weighted by Crippen LogP contribution is -2.61. The molecule has 36 heavy (non-hydrogen) atoms. The second-order valence-corrected chi connectivity index (χ2v) is 8.24. The molecular formula is C28H28O8. The van der Waals surface area contributed by atoms with E-state index >= 15 is 0 Å². The second kappa shape index (κ2) is 12.4. The Bertz CT molecular complexity index is 1110. The molecule has 0 saturated carbocycles. The molecule has 1 fully saturated rings. The maximum atomic E-state index is 12.9. The summed E-state index contributed by atoms with van der Waals surface area (Å²) in [6.45, 7) is 0.358. The third-order valence-electron chi connectivity index (χ3n) is 5.78. The van der Waals surface area contributed by atoms with Crippen molar-refractivity contribution in [2.75, 3.05) is 13.7 Å². The van der Waals surface area contributed by atoms with Gasteiger partial charge in [-0.2, -0.15) is 0 Å². The van der Waals surface area contributed by atoms with E-state index < -0.39 is 42.6 Å². The van der Waals surface area contributed by atoms with E-state index in [4.69, 9.17) is 23.7 Å². The molecule has 0 aromatic heterocycles. The Morgan fingerprint density at radius 3 is 1.78 bits per heavy atom. The quantitative estimate of drug-likeness (QED) is 0.454. The lowest BCUT2D eigenvalue weighted by Gasteiger charge is -2.43. The van der Waals surface area contributed by atoms with Gasteiger partial charge in [0.25, 0.3) is 0 Å².